The highest BCUT2D eigenvalue weighted by atomic mass is 16.3. The molecule has 0 saturated carbocycles. The van der Waals surface area contributed by atoms with Crippen LogP contribution in [0, 0.1) is 0 Å². The van der Waals surface area contributed by atoms with E-state index >= 15 is 0 Å². The van der Waals surface area contributed by atoms with Gasteiger partial charge >= 0.3 is 0 Å². The number of para-hydroxylation sites is 1. The largest absolute Gasteiger partial charge is 0.386 e. The summed E-state index contributed by atoms with van der Waals surface area (Å²) in [5.74, 6) is -0.196. The second-order valence-corrected chi connectivity index (χ2v) is 5.73. The van der Waals surface area contributed by atoms with Crippen molar-refractivity contribution in [3.05, 3.63) is 46.2 Å². The summed E-state index contributed by atoms with van der Waals surface area (Å²) in [5, 5.41) is 10.9. The monoisotopic (exact) mass is 286 g/mol. The normalized spacial score (nSPS) is 16.8. The molecule has 2 heterocycles. The van der Waals surface area contributed by atoms with Gasteiger partial charge in [-0.25, -0.2) is 0 Å². The minimum Gasteiger partial charge on any atom is -0.386 e. The van der Waals surface area contributed by atoms with Crippen molar-refractivity contribution in [2.24, 2.45) is 0 Å². The molecule has 1 amide bonds. The lowest BCUT2D eigenvalue weighted by Crippen LogP contribution is -2.63. The topological polar surface area (TPSA) is 73.4 Å². The summed E-state index contributed by atoms with van der Waals surface area (Å²) in [6.07, 6.45) is 1.57. The highest BCUT2D eigenvalue weighted by Gasteiger charge is 2.43. The molecular formula is C16H18N2O3. The number of aromatic amines is 1. The van der Waals surface area contributed by atoms with E-state index in [-0.39, 0.29) is 11.5 Å². The van der Waals surface area contributed by atoms with Gasteiger partial charge in [-0.3, -0.25) is 9.59 Å². The fourth-order valence-electron chi connectivity index (χ4n) is 2.98. The number of nitrogens with one attached hydrogen (secondary N) is 1. The standard InChI is InChI=1S/C16H18N2O3/c1-2-7-16(21)9-18(10-16)15(20)12-8-14(19)17-13-6-4-3-5-11(12)13/h3-6,8,21H,2,7,9-10H2,1H3,(H,17,19). The first-order valence-corrected chi connectivity index (χ1v) is 7.16. The van der Waals surface area contributed by atoms with Gasteiger partial charge in [0.1, 0.15) is 0 Å². The lowest BCUT2D eigenvalue weighted by atomic mass is 9.88. The van der Waals surface area contributed by atoms with Crippen LogP contribution in [0.1, 0.15) is 30.1 Å². The Morgan fingerprint density at radius 3 is 2.81 bits per heavy atom. The zero-order valence-electron chi connectivity index (χ0n) is 11.9. The molecule has 1 aromatic heterocycles. The highest BCUT2D eigenvalue weighted by Crippen LogP contribution is 2.28. The van der Waals surface area contributed by atoms with Crippen LogP contribution in [0.5, 0.6) is 0 Å². The number of β-amino-alcohol motifs (C(OH)–C–C–N with tert-alkyl or cyclic N) is 1. The average Bonchev–Trinajstić information content (AvgIpc) is 2.43. The van der Waals surface area contributed by atoms with Gasteiger partial charge in [0.05, 0.1) is 24.3 Å². The van der Waals surface area contributed by atoms with Crippen LogP contribution in [0.2, 0.25) is 0 Å². The van der Waals surface area contributed by atoms with E-state index in [1.807, 2.05) is 25.1 Å². The quantitative estimate of drug-likeness (QED) is 0.898. The zero-order chi connectivity index (χ0) is 15.0. The molecule has 2 N–H and O–H groups in total. The van der Waals surface area contributed by atoms with Crippen molar-refractivity contribution in [3.8, 4) is 0 Å². The number of fused-ring (bicyclic) bond motifs is 1. The van der Waals surface area contributed by atoms with Crippen LogP contribution in [0.4, 0.5) is 0 Å². The van der Waals surface area contributed by atoms with Crippen molar-refractivity contribution in [1.82, 2.24) is 9.88 Å². The molecule has 0 unspecified atom stereocenters. The Morgan fingerprint density at radius 2 is 2.10 bits per heavy atom. The zero-order valence-corrected chi connectivity index (χ0v) is 11.9. The Bertz CT molecular complexity index is 745. The Kier molecular flexibility index (Phi) is 3.29. The molecular weight excluding hydrogens is 268 g/mol. The summed E-state index contributed by atoms with van der Waals surface area (Å²) in [4.78, 5) is 28.6. The van der Waals surface area contributed by atoms with Gasteiger partial charge in [0, 0.05) is 17.0 Å². The van der Waals surface area contributed by atoms with Crippen molar-refractivity contribution in [3.63, 3.8) is 0 Å². The van der Waals surface area contributed by atoms with Gasteiger partial charge in [0.25, 0.3) is 5.91 Å². The van der Waals surface area contributed by atoms with E-state index in [1.54, 1.807) is 11.0 Å². The Labute approximate surface area is 122 Å². The minimum atomic E-state index is -0.762. The third kappa shape index (κ3) is 2.45. The number of likely N-dealkylation sites (tertiary alicyclic amines) is 1. The van der Waals surface area contributed by atoms with Gasteiger partial charge in [0.2, 0.25) is 5.56 Å². The first-order chi connectivity index (χ1) is 10.0. The van der Waals surface area contributed by atoms with Crippen molar-refractivity contribution in [2.45, 2.75) is 25.4 Å². The van der Waals surface area contributed by atoms with Crippen LogP contribution in [0.25, 0.3) is 10.9 Å². The average molecular weight is 286 g/mol. The summed E-state index contributed by atoms with van der Waals surface area (Å²) in [6.45, 7) is 2.67. The number of aromatic nitrogens is 1. The molecule has 5 heteroatoms. The highest BCUT2D eigenvalue weighted by molar-refractivity contribution is 6.06. The molecule has 0 radical (unpaired) electrons. The number of hydrogen-bond acceptors (Lipinski definition) is 3. The van der Waals surface area contributed by atoms with E-state index in [2.05, 4.69) is 4.98 Å². The molecule has 1 saturated heterocycles. The second kappa shape index (κ2) is 5.00. The number of hydrogen-bond donors (Lipinski definition) is 2. The first-order valence-electron chi connectivity index (χ1n) is 7.16. The van der Waals surface area contributed by atoms with Crippen molar-refractivity contribution >= 4 is 16.8 Å². The molecule has 1 aliphatic heterocycles. The second-order valence-electron chi connectivity index (χ2n) is 5.73. The maximum absolute atomic E-state index is 12.5. The van der Waals surface area contributed by atoms with Gasteiger partial charge < -0.3 is 15.0 Å². The molecule has 0 spiro atoms. The number of amides is 1. The lowest BCUT2D eigenvalue weighted by molar-refractivity contribution is -0.0859. The number of carbonyl (C=O) groups excluding carboxylic acids is 1. The van der Waals surface area contributed by atoms with Crippen LogP contribution in [0.15, 0.2) is 35.1 Å². The Balaban J connectivity index is 1.91. The van der Waals surface area contributed by atoms with Gasteiger partial charge in [-0.05, 0) is 12.5 Å². The van der Waals surface area contributed by atoms with E-state index in [0.29, 0.717) is 30.6 Å². The SMILES string of the molecule is CCCC1(O)CN(C(=O)c2cc(=O)[nH]c3ccccc23)C1. The molecule has 1 fully saturated rings. The molecule has 110 valence electrons. The minimum absolute atomic E-state index is 0.196. The molecule has 5 nitrogen and oxygen atoms in total. The fourth-order valence-corrected chi connectivity index (χ4v) is 2.98. The van der Waals surface area contributed by atoms with Crippen molar-refractivity contribution < 1.29 is 9.90 Å². The van der Waals surface area contributed by atoms with Gasteiger partial charge in [0.15, 0.2) is 0 Å². The predicted octanol–water partition coefficient (Wildman–Crippen LogP) is 1.52. The summed E-state index contributed by atoms with van der Waals surface area (Å²) in [5.41, 5.74) is -0.00602. The predicted molar refractivity (Wildman–Crippen MR) is 80.3 cm³/mol. The number of benzene rings is 1. The van der Waals surface area contributed by atoms with E-state index in [0.717, 1.165) is 11.8 Å². The van der Waals surface area contributed by atoms with E-state index in [4.69, 9.17) is 0 Å². The first kappa shape index (κ1) is 13.8. The lowest BCUT2D eigenvalue weighted by Gasteiger charge is -2.46. The Morgan fingerprint density at radius 1 is 1.38 bits per heavy atom. The molecule has 1 aromatic carbocycles. The smallest absolute Gasteiger partial charge is 0.254 e. The third-order valence-corrected chi connectivity index (χ3v) is 3.95. The molecule has 0 atom stereocenters. The maximum Gasteiger partial charge on any atom is 0.254 e. The van der Waals surface area contributed by atoms with Crippen molar-refractivity contribution in [1.29, 1.82) is 0 Å². The fraction of sp³-hybridized carbons (Fsp3) is 0.375. The van der Waals surface area contributed by atoms with Gasteiger partial charge in [-0.2, -0.15) is 0 Å². The van der Waals surface area contributed by atoms with Crippen LogP contribution in [0.3, 0.4) is 0 Å². The summed E-state index contributed by atoms with van der Waals surface area (Å²) < 4.78 is 0. The number of carbonyl (C=O) groups is 1. The number of rotatable bonds is 3. The summed E-state index contributed by atoms with van der Waals surface area (Å²) in [6, 6.07) is 8.58. The van der Waals surface area contributed by atoms with Crippen LogP contribution in [-0.2, 0) is 0 Å². The molecule has 2 aromatic rings. The van der Waals surface area contributed by atoms with Gasteiger partial charge in [-0.1, -0.05) is 31.5 Å². The van der Waals surface area contributed by atoms with E-state index < -0.39 is 5.60 Å². The van der Waals surface area contributed by atoms with Crippen LogP contribution < -0.4 is 5.56 Å². The summed E-state index contributed by atoms with van der Waals surface area (Å²) in [7, 11) is 0. The maximum atomic E-state index is 12.5. The van der Waals surface area contributed by atoms with E-state index in [9.17, 15) is 14.7 Å². The summed E-state index contributed by atoms with van der Waals surface area (Å²) >= 11 is 0. The number of H-pyrrole nitrogens is 1. The van der Waals surface area contributed by atoms with Gasteiger partial charge in [-0.15, -0.1) is 0 Å². The number of nitrogens with zero attached hydrogens (tertiary/aromatic N) is 1. The number of aliphatic hydroxyl groups is 1. The molecule has 0 aliphatic carbocycles. The Hall–Kier alpha value is -2.14. The molecule has 21 heavy (non-hydrogen) atoms. The number of pyridine rings is 1. The van der Waals surface area contributed by atoms with Crippen LogP contribution in [-0.4, -0.2) is 39.6 Å². The van der Waals surface area contributed by atoms with E-state index in [1.165, 1.54) is 6.07 Å². The molecule has 0 bridgehead atoms. The third-order valence-electron chi connectivity index (χ3n) is 3.95. The molecule has 1 aliphatic rings. The van der Waals surface area contributed by atoms with Crippen LogP contribution >= 0.6 is 0 Å². The molecule has 3 rings (SSSR count). The van der Waals surface area contributed by atoms with Crippen molar-refractivity contribution in [2.75, 3.05) is 13.1 Å².